The first kappa shape index (κ1) is 12.3. The number of phenols is 1. The molecule has 1 aliphatic rings. The van der Waals surface area contributed by atoms with Crippen molar-refractivity contribution in [3.05, 3.63) is 30.5 Å². The van der Waals surface area contributed by atoms with Crippen LogP contribution in [0.4, 0.5) is 0 Å². The van der Waals surface area contributed by atoms with E-state index in [2.05, 4.69) is 4.98 Å². The number of phenolic OH excluding ortho intramolecular Hbond substituents is 1. The Morgan fingerprint density at radius 2 is 2.21 bits per heavy atom. The van der Waals surface area contributed by atoms with Crippen molar-refractivity contribution in [1.82, 2.24) is 4.98 Å². The van der Waals surface area contributed by atoms with Gasteiger partial charge in [-0.25, -0.2) is 0 Å². The number of hydrogen-bond acceptors (Lipinski definition) is 5. The van der Waals surface area contributed by atoms with Gasteiger partial charge in [-0.3, -0.25) is 9.78 Å². The number of aromatic nitrogens is 1. The number of rotatable bonds is 3. The molecule has 5 heteroatoms. The van der Waals surface area contributed by atoms with Crippen LogP contribution in [-0.4, -0.2) is 16.1 Å². The molecular formula is C14H13NO3S. The van der Waals surface area contributed by atoms with Crippen LogP contribution in [0.1, 0.15) is 19.3 Å². The lowest BCUT2D eigenvalue weighted by Gasteiger charge is -2.22. The molecule has 19 heavy (non-hydrogen) atoms. The number of aromatic hydroxyl groups is 1. The smallest absolute Gasteiger partial charge is 0.321 e. The van der Waals surface area contributed by atoms with Crippen LogP contribution in [0, 0.1) is 5.92 Å². The summed E-state index contributed by atoms with van der Waals surface area (Å²) < 4.78 is 5.25. The van der Waals surface area contributed by atoms with Gasteiger partial charge in [-0.05, 0) is 37.1 Å². The Kier molecular flexibility index (Phi) is 3.29. The molecule has 1 saturated carbocycles. The SMILES string of the molecule is O=C(OSc1ccnc2ccc(O)cc12)C1CCC1. The maximum absolute atomic E-state index is 11.7. The van der Waals surface area contributed by atoms with Gasteiger partial charge in [0.05, 0.1) is 28.4 Å². The van der Waals surface area contributed by atoms with Gasteiger partial charge >= 0.3 is 5.97 Å². The first-order chi connectivity index (χ1) is 9.24. The molecular weight excluding hydrogens is 262 g/mol. The molecule has 1 N–H and O–H groups in total. The van der Waals surface area contributed by atoms with Gasteiger partial charge in [-0.2, -0.15) is 0 Å². The van der Waals surface area contributed by atoms with Gasteiger partial charge in [0.15, 0.2) is 0 Å². The molecule has 1 aromatic heterocycles. The van der Waals surface area contributed by atoms with Crippen molar-refractivity contribution in [3.63, 3.8) is 0 Å². The number of benzene rings is 1. The average molecular weight is 275 g/mol. The third kappa shape index (κ3) is 2.51. The zero-order chi connectivity index (χ0) is 13.2. The van der Waals surface area contributed by atoms with Gasteiger partial charge in [0.1, 0.15) is 5.75 Å². The topological polar surface area (TPSA) is 59.4 Å². The standard InChI is InChI=1S/C14H13NO3S/c16-10-4-5-12-11(8-10)13(6-7-15-12)19-18-14(17)9-2-1-3-9/h4-9,16H,1-3H2. The first-order valence-electron chi connectivity index (χ1n) is 6.20. The first-order valence-corrected chi connectivity index (χ1v) is 6.94. The lowest BCUT2D eigenvalue weighted by atomic mass is 9.86. The quantitative estimate of drug-likeness (QED) is 0.871. The second-order valence-electron chi connectivity index (χ2n) is 4.62. The lowest BCUT2D eigenvalue weighted by molar-refractivity contribution is -0.140. The Morgan fingerprint density at radius 1 is 1.37 bits per heavy atom. The Bertz CT molecular complexity index is 625. The summed E-state index contributed by atoms with van der Waals surface area (Å²) in [5.74, 6) is 0.0861. The molecule has 1 heterocycles. The summed E-state index contributed by atoms with van der Waals surface area (Å²) >= 11 is 1.04. The predicted molar refractivity (Wildman–Crippen MR) is 72.7 cm³/mol. The number of pyridine rings is 1. The minimum Gasteiger partial charge on any atom is -0.508 e. The van der Waals surface area contributed by atoms with E-state index >= 15 is 0 Å². The maximum atomic E-state index is 11.7. The van der Waals surface area contributed by atoms with Crippen molar-refractivity contribution in [2.75, 3.05) is 0 Å². The molecule has 0 amide bonds. The van der Waals surface area contributed by atoms with E-state index in [-0.39, 0.29) is 17.6 Å². The second kappa shape index (κ2) is 5.09. The summed E-state index contributed by atoms with van der Waals surface area (Å²) in [4.78, 5) is 16.7. The van der Waals surface area contributed by atoms with Crippen molar-refractivity contribution >= 4 is 28.9 Å². The minimum absolute atomic E-state index is 0.0639. The molecule has 0 radical (unpaired) electrons. The molecule has 0 atom stereocenters. The lowest BCUT2D eigenvalue weighted by Crippen LogP contribution is -2.22. The van der Waals surface area contributed by atoms with Crippen LogP contribution < -0.4 is 0 Å². The van der Waals surface area contributed by atoms with E-state index in [4.69, 9.17) is 4.18 Å². The molecule has 0 saturated heterocycles. The van der Waals surface area contributed by atoms with E-state index in [1.54, 1.807) is 30.5 Å². The normalized spacial score (nSPS) is 15.2. The fourth-order valence-corrected chi connectivity index (χ4v) is 2.66. The van der Waals surface area contributed by atoms with E-state index in [1.165, 1.54) is 0 Å². The number of nitrogens with zero attached hydrogens (tertiary/aromatic N) is 1. The summed E-state index contributed by atoms with van der Waals surface area (Å²) in [6, 6.07) is 6.73. The molecule has 1 aromatic carbocycles. The van der Waals surface area contributed by atoms with E-state index in [0.29, 0.717) is 0 Å². The number of hydrogen-bond donors (Lipinski definition) is 1. The third-order valence-corrected chi connectivity index (χ3v) is 4.12. The molecule has 0 unspecified atom stereocenters. The van der Waals surface area contributed by atoms with Crippen molar-refractivity contribution in [2.45, 2.75) is 24.2 Å². The Labute approximate surface area is 115 Å². The number of carbonyl (C=O) groups is 1. The molecule has 0 spiro atoms. The van der Waals surface area contributed by atoms with E-state index < -0.39 is 0 Å². The zero-order valence-electron chi connectivity index (χ0n) is 10.2. The molecule has 1 fully saturated rings. The molecule has 98 valence electrons. The van der Waals surface area contributed by atoms with Crippen LogP contribution in [0.25, 0.3) is 10.9 Å². The van der Waals surface area contributed by atoms with Crippen molar-refractivity contribution < 1.29 is 14.1 Å². The van der Waals surface area contributed by atoms with Gasteiger partial charge in [0, 0.05) is 11.6 Å². The highest BCUT2D eigenvalue weighted by atomic mass is 32.2. The van der Waals surface area contributed by atoms with Gasteiger partial charge in [0.2, 0.25) is 0 Å². The molecule has 2 aromatic rings. The van der Waals surface area contributed by atoms with Crippen LogP contribution in [0.3, 0.4) is 0 Å². The van der Waals surface area contributed by atoms with Gasteiger partial charge in [0.25, 0.3) is 0 Å². The van der Waals surface area contributed by atoms with Crippen LogP contribution >= 0.6 is 12.0 Å². The van der Waals surface area contributed by atoms with Crippen molar-refractivity contribution in [2.24, 2.45) is 5.92 Å². The van der Waals surface area contributed by atoms with E-state index in [1.807, 2.05) is 0 Å². The monoisotopic (exact) mass is 275 g/mol. The molecule has 4 nitrogen and oxygen atoms in total. The van der Waals surface area contributed by atoms with Crippen molar-refractivity contribution in [3.8, 4) is 5.75 Å². The highest BCUT2D eigenvalue weighted by molar-refractivity contribution is 7.95. The highest BCUT2D eigenvalue weighted by Crippen LogP contribution is 2.33. The highest BCUT2D eigenvalue weighted by Gasteiger charge is 2.27. The second-order valence-corrected chi connectivity index (χ2v) is 5.40. The Balaban J connectivity index is 1.80. The zero-order valence-corrected chi connectivity index (χ0v) is 11.0. The summed E-state index contributed by atoms with van der Waals surface area (Å²) in [5.41, 5.74) is 0.766. The van der Waals surface area contributed by atoms with Gasteiger partial charge in [-0.1, -0.05) is 6.42 Å². The molecule has 1 aliphatic carbocycles. The van der Waals surface area contributed by atoms with Gasteiger partial charge < -0.3 is 9.29 Å². The van der Waals surface area contributed by atoms with Crippen molar-refractivity contribution in [1.29, 1.82) is 0 Å². The van der Waals surface area contributed by atoms with Gasteiger partial charge in [-0.15, -0.1) is 0 Å². The molecule has 0 aliphatic heterocycles. The fraction of sp³-hybridized carbons (Fsp3) is 0.286. The Hall–Kier alpha value is -1.75. The van der Waals surface area contributed by atoms with E-state index in [0.717, 1.165) is 47.1 Å². The van der Waals surface area contributed by atoms with E-state index in [9.17, 15) is 9.90 Å². The average Bonchev–Trinajstić information content (AvgIpc) is 2.34. The largest absolute Gasteiger partial charge is 0.508 e. The Morgan fingerprint density at radius 3 is 2.95 bits per heavy atom. The summed E-state index contributed by atoms with van der Waals surface area (Å²) in [6.45, 7) is 0. The summed E-state index contributed by atoms with van der Waals surface area (Å²) in [5, 5.41) is 10.3. The maximum Gasteiger partial charge on any atom is 0.321 e. The number of fused-ring (bicyclic) bond motifs is 1. The summed E-state index contributed by atoms with van der Waals surface area (Å²) in [6.07, 6.45) is 4.63. The van der Waals surface area contributed by atoms with Crippen LogP contribution in [0.2, 0.25) is 0 Å². The molecule has 3 rings (SSSR count). The summed E-state index contributed by atoms with van der Waals surface area (Å²) in [7, 11) is 0. The fourth-order valence-electron chi connectivity index (χ4n) is 1.98. The predicted octanol–water partition coefficient (Wildman–Crippen LogP) is 3.29. The minimum atomic E-state index is -0.152. The molecule has 0 bridgehead atoms. The van der Waals surface area contributed by atoms with Crippen LogP contribution in [-0.2, 0) is 8.98 Å². The van der Waals surface area contributed by atoms with Crippen LogP contribution in [0.5, 0.6) is 5.75 Å². The third-order valence-electron chi connectivity index (χ3n) is 3.34. The number of carbonyl (C=O) groups excluding carboxylic acids is 1. The van der Waals surface area contributed by atoms with Crippen LogP contribution in [0.15, 0.2) is 35.4 Å².